The number of hydrogen-bond donors (Lipinski definition) is 0. The molecule has 2 aromatic carbocycles. The number of alkyl halides is 2. The quantitative estimate of drug-likeness (QED) is 0.0845. The zero-order chi connectivity index (χ0) is 29.7. The van der Waals surface area contributed by atoms with Gasteiger partial charge in [-0.15, -0.1) is 0 Å². The van der Waals surface area contributed by atoms with Gasteiger partial charge in [0.25, 0.3) is 8.32 Å². The Kier molecular flexibility index (Phi) is 8.90. The van der Waals surface area contributed by atoms with E-state index in [0.717, 1.165) is 32.1 Å². The molecule has 0 atom stereocenters. The van der Waals surface area contributed by atoms with Gasteiger partial charge >= 0.3 is 5.92 Å². The highest BCUT2D eigenvalue weighted by Crippen LogP contribution is 2.57. The molecule has 0 N–H and O–H groups in total. The molecule has 0 spiro atoms. The van der Waals surface area contributed by atoms with Crippen LogP contribution in [-0.4, -0.2) is 8.32 Å². The second kappa shape index (κ2) is 11.1. The van der Waals surface area contributed by atoms with E-state index in [0.29, 0.717) is 6.04 Å². The zero-order valence-corrected chi connectivity index (χ0v) is 24.4. The SMILES string of the molecule is CCCCCCC(C)(C)C[Si](Oc1c(F)c(F)c2c(c1F)-c1c(cc(F)c(F)c1F)C2(F)F)(C(C)C)C(C)C. The monoisotopic (exact) mass is 580 g/mol. The number of hydrogen-bond acceptors (Lipinski definition) is 1. The Morgan fingerprint density at radius 2 is 1.38 bits per heavy atom. The first-order chi connectivity index (χ1) is 17.9. The summed E-state index contributed by atoms with van der Waals surface area (Å²) in [7, 11) is -3.24. The van der Waals surface area contributed by atoms with E-state index in [4.69, 9.17) is 4.43 Å². The predicted octanol–water partition coefficient (Wildman–Crippen LogP) is 10.8. The van der Waals surface area contributed by atoms with E-state index in [1.807, 2.05) is 41.5 Å². The third-order valence-corrected chi connectivity index (χ3v) is 14.1. The van der Waals surface area contributed by atoms with Crippen molar-refractivity contribution in [3.05, 3.63) is 52.1 Å². The van der Waals surface area contributed by atoms with Crippen LogP contribution in [-0.2, 0) is 5.92 Å². The number of rotatable bonds is 11. The van der Waals surface area contributed by atoms with Gasteiger partial charge in [0.05, 0.1) is 5.56 Å². The van der Waals surface area contributed by atoms with Gasteiger partial charge in [-0.25, -0.2) is 22.0 Å². The summed E-state index contributed by atoms with van der Waals surface area (Å²) >= 11 is 0. The molecule has 0 fully saturated rings. The van der Waals surface area contributed by atoms with Gasteiger partial charge in [0.2, 0.25) is 5.82 Å². The molecule has 0 amide bonds. The molecule has 2 aromatic rings. The molecular weight excluding hydrogens is 544 g/mol. The van der Waals surface area contributed by atoms with Gasteiger partial charge in [-0.2, -0.15) is 13.2 Å². The summed E-state index contributed by atoms with van der Waals surface area (Å²) in [6.07, 6.45) is 4.90. The summed E-state index contributed by atoms with van der Waals surface area (Å²) in [5.41, 5.74) is -6.77. The van der Waals surface area contributed by atoms with E-state index >= 15 is 22.0 Å². The Morgan fingerprint density at radius 3 is 1.92 bits per heavy atom. The van der Waals surface area contributed by atoms with Crippen LogP contribution >= 0.6 is 0 Å². The maximum Gasteiger partial charge on any atom is 0.302 e. The second-order valence-electron chi connectivity index (χ2n) is 12.0. The molecule has 0 heterocycles. The Hall–Kier alpha value is -2.10. The third-order valence-electron chi connectivity index (χ3n) is 8.05. The first-order valence-electron chi connectivity index (χ1n) is 13.4. The van der Waals surface area contributed by atoms with Crippen molar-refractivity contribution in [2.45, 2.75) is 104 Å². The molecule has 0 aliphatic heterocycles. The minimum atomic E-state index is -4.50. The third kappa shape index (κ3) is 5.34. The highest BCUT2D eigenvalue weighted by atomic mass is 28.4. The molecule has 218 valence electrons. The summed E-state index contributed by atoms with van der Waals surface area (Å²) in [6, 6.07) is 0.410. The fourth-order valence-electron chi connectivity index (χ4n) is 5.88. The largest absolute Gasteiger partial charge is 0.539 e. The van der Waals surface area contributed by atoms with Crippen LogP contribution in [0.15, 0.2) is 6.07 Å². The fraction of sp³-hybridized carbons (Fsp3) is 0.586. The van der Waals surface area contributed by atoms with E-state index < -0.39 is 77.1 Å². The Morgan fingerprint density at radius 1 is 0.795 bits per heavy atom. The van der Waals surface area contributed by atoms with Crippen LogP contribution in [0.1, 0.15) is 91.7 Å². The van der Waals surface area contributed by atoms with Crippen molar-refractivity contribution in [1.29, 1.82) is 0 Å². The van der Waals surface area contributed by atoms with E-state index in [1.165, 1.54) is 0 Å². The molecule has 1 aliphatic carbocycles. The Labute approximate surface area is 226 Å². The molecule has 0 aromatic heterocycles. The van der Waals surface area contributed by atoms with Gasteiger partial charge in [0.1, 0.15) is 0 Å². The van der Waals surface area contributed by atoms with Gasteiger partial charge in [-0.3, -0.25) is 0 Å². The van der Waals surface area contributed by atoms with Crippen molar-refractivity contribution in [2.75, 3.05) is 0 Å². The number of halogens is 8. The first-order valence-corrected chi connectivity index (χ1v) is 15.7. The van der Waals surface area contributed by atoms with Crippen LogP contribution in [0, 0.1) is 40.3 Å². The van der Waals surface area contributed by atoms with Crippen LogP contribution in [0.2, 0.25) is 17.1 Å². The lowest BCUT2D eigenvalue weighted by molar-refractivity contribution is 0.0425. The molecule has 1 nitrogen and oxygen atoms in total. The highest BCUT2D eigenvalue weighted by Gasteiger charge is 2.54. The molecule has 39 heavy (non-hydrogen) atoms. The van der Waals surface area contributed by atoms with Crippen LogP contribution < -0.4 is 4.43 Å². The summed E-state index contributed by atoms with van der Waals surface area (Å²) in [5.74, 6) is -17.8. The molecule has 0 saturated carbocycles. The zero-order valence-electron chi connectivity index (χ0n) is 23.4. The smallest absolute Gasteiger partial charge is 0.302 e. The molecule has 10 heteroatoms. The number of unbranched alkanes of at least 4 members (excludes halogenated alkanes) is 3. The van der Waals surface area contributed by atoms with Crippen molar-refractivity contribution in [2.24, 2.45) is 5.41 Å². The summed E-state index contributed by atoms with van der Waals surface area (Å²) in [6.45, 7) is 13.5. The molecule has 0 radical (unpaired) electrons. The second-order valence-corrected chi connectivity index (χ2v) is 16.8. The van der Waals surface area contributed by atoms with Gasteiger partial charge in [-0.05, 0) is 35.0 Å². The Bertz CT molecular complexity index is 1230. The number of fused-ring (bicyclic) bond motifs is 3. The maximum atomic E-state index is 16.0. The van der Waals surface area contributed by atoms with Crippen LogP contribution in [0.4, 0.5) is 35.1 Å². The normalized spacial score (nSPS) is 14.8. The van der Waals surface area contributed by atoms with Gasteiger partial charge in [0.15, 0.2) is 34.8 Å². The van der Waals surface area contributed by atoms with Crippen LogP contribution in [0.5, 0.6) is 5.75 Å². The standard InChI is InChI=1S/C29H36F8OSi/c1-8-9-10-11-12-28(6,7)14-39(15(2)3,16(4)5)38-27-24(33)20-19-17(13-18(30)22(31)23(19)32)29(36,37)21(20)25(34)26(27)35/h13,15-16H,8-12,14H2,1-7H3. The summed E-state index contributed by atoms with van der Waals surface area (Å²) in [4.78, 5) is 0. The maximum absolute atomic E-state index is 16.0. The van der Waals surface area contributed by atoms with E-state index in [2.05, 4.69) is 6.92 Å². The minimum Gasteiger partial charge on any atom is -0.539 e. The average Bonchev–Trinajstić information content (AvgIpc) is 3.07. The summed E-state index contributed by atoms with van der Waals surface area (Å²) < 4.78 is 126. The predicted molar refractivity (Wildman–Crippen MR) is 139 cm³/mol. The van der Waals surface area contributed by atoms with Crippen molar-refractivity contribution in [1.82, 2.24) is 0 Å². The minimum absolute atomic E-state index is 0.0204. The number of benzene rings is 2. The molecule has 0 saturated heterocycles. The van der Waals surface area contributed by atoms with E-state index in [-0.39, 0.29) is 22.6 Å². The van der Waals surface area contributed by atoms with Crippen molar-refractivity contribution in [3.8, 4) is 16.9 Å². The molecule has 1 aliphatic rings. The molecule has 3 rings (SSSR count). The lowest BCUT2D eigenvalue weighted by Gasteiger charge is -2.44. The molecular formula is C29H36F8OSi. The van der Waals surface area contributed by atoms with Crippen molar-refractivity contribution in [3.63, 3.8) is 0 Å². The molecule has 0 bridgehead atoms. The fourth-order valence-corrected chi connectivity index (χ4v) is 10.8. The van der Waals surface area contributed by atoms with Gasteiger partial charge < -0.3 is 4.43 Å². The summed E-state index contributed by atoms with van der Waals surface area (Å²) in [5, 5.41) is 0. The lowest BCUT2D eigenvalue weighted by atomic mass is 9.89. The Balaban J connectivity index is 2.21. The molecule has 0 unspecified atom stereocenters. The highest BCUT2D eigenvalue weighted by molar-refractivity contribution is 6.77. The van der Waals surface area contributed by atoms with E-state index in [1.54, 1.807) is 0 Å². The van der Waals surface area contributed by atoms with Crippen LogP contribution in [0.25, 0.3) is 11.1 Å². The first kappa shape index (κ1) is 31.4. The van der Waals surface area contributed by atoms with Crippen LogP contribution in [0.3, 0.4) is 0 Å². The van der Waals surface area contributed by atoms with E-state index in [9.17, 15) is 13.2 Å². The lowest BCUT2D eigenvalue weighted by Crippen LogP contribution is -2.51. The van der Waals surface area contributed by atoms with Gasteiger partial charge in [-0.1, -0.05) is 74.1 Å². The topological polar surface area (TPSA) is 9.23 Å². The van der Waals surface area contributed by atoms with Crippen molar-refractivity contribution >= 4 is 8.32 Å². The average molecular weight is 581 g/mol. The van der Waals surface area contributed by atoms with Gasteiger partial charge in [0, 0.05) is 16.7 Å². The van der Waals surface area contributed by atoms with Crippen molar-refractivity contribution < 1.29 is 39.5 Å².